The van der Waals surface area contributed by atoms with Crippen molar-refractivity contribution in [2.75, 3.05) is 38.0 Å². The number of methoxy groups -OCH3 is 1. The van der Waals surface area contributed by atoms with Gasteiger partial charge in [0, 0.05) is 50.2 Å². The van der Waals surface area contributed by atoms with Crippen molar-refractivity contribution in [2.24, 2.45) is 0 Å². The van der Waals surface area contributed by atoms with Crippen LogP contribution in [0.4, 0.5) is 0 Å². The highest BCUT2D eigenvalue weighted by molar-refractivity contribution is 8.00. The Labute approximate surface area is 118 Å². The van der Waals surface area contributed by atoms with Gasteiger partial charge in [-0.1, -0.05) is 11.8 Å². The molecular weight excluding hydrogens is 286 g/mol. The van der Waals surface area contributed by atoms with Crippen molar-refractivity contribution in [1.82, 2.24) is 15.3 Å². The summed E-state index contributed by atoms with van der Waals surface area (Å²) in [4.78, 5) is 8.37. The molecule has 1 rings (SSSR count). The van der Waals surface area contributed by atoms with Gasteiger partial charge in [0.1, 0.15) is 9.84 Å². The van der Waals surface area contributed by atoms with Crippen LogP contribution in [-0.4, -0.2) is 56.4 Å². The maximum absolute atomic E-state index is 11.0. The van der Waals surface area contributed by atoms with Crippen LogP contribution in [0.15, 0.2) is 17.6 Å². The lowest BCUT2D eigenvalue weighted by atomic mass is 10.3. The highest BCUT2D eigenvalue weighted by Crippen LogP contribution is 2.12. The van der Waals surface area contributed by atoms with E-state index in [1.807, 2.05) is 0 Å². The third kappa shape index (κ3) is 8.14. The number of rotatable bonds is 9. The molecular formula is C11H19N3O3S2. The molecule has 1 heterocycles. The maximum atomic E-state index is 11.0. The zero-order chi connectivity index (χ0) is 14.1. The molecule has 0 aliphatic carbocycles. The number of nitrogens with one attached hydrogen (secondary N) is 1. The van der Waals surface area contributed by atoms with Gasteiger partial charge in [-0.15, -0.1) is 0 Å². The summed E-state index contributed by atoms with van der Waals surface area (Å²) in [6.07, 6.45) is 4.72. The molecule has 0 aliphatic rings. The van der Waals surface area contributed by atoms with Crippen LogP contribution in [0.25, 0.3) is 0 Å². The number of nitrogens with zero attached hydrogens (tertiary/aromatic N) is 2. The minimum absolute atomic E-state index is 0.140. The Kier molecular flexibility index (Phi) is 7.29. The summed E-state index contributed by atoms with van der Waals surface area (Å²) in [5.74, 6) is 0.617. The number of hydrogen-bond donors (Lipinski definition) is 1. The number of sulfone groups is 1. The normalized spacial score (nSPS) is 11.7. The summed E-state index contributed by atoms with van der Waals surface area (Å²) in [5, 5.41) is 3.80. The lowest BCUT2D eigenvalue weighted by molar-refractivity contribution is 0.199. The van der Waals surface area contributed by atoms with Crippen LogP contribution >= 0.6 is 11.8 Å². The fraction of sp³-hybridized carbons (Fsp3) is 0.636. The Hall–Kier alpha value is -0.700. The van der Waals surface area contributed by atoms with E-state index in [1.54, 1.807) is 19.5 Å². The molecule has 0 atom stereocenters. The van der Waals surface area contributed by atoms with Gasteiger partial charge in [-0.2, -0.15) is 0 Å². The fourth-order valence-corrected chi connectivity index (χ4v) is 3.18. The monoisotopic (exact) mass is 305 g/mol. The third-order valence-corrected chi connectivity index (χ3v) is 4.26. The van der Waals surface area contributed by atoms with E-state index in [9.17, 15) is 8.42 Å². The van der Waals surface area contributed by atoms with Gasteiger partial charge < -0.3 is 10.1 Å². The summed E-state index contributed by atoms with van der Waals surface area (Å²) < 4.78 is 26.9. The predicted octanol–water partition coefficient (Wildman–Crippen LogP) is 0.349. The first kappa shape index (κ1) is 16.4. The van der Waals surface area contributed by atoms with Crippen LogP contribution in [0.3, 0.4) is 0 Å². The molecule has 1 aromatic rings. The van der Waals surface area contributed by atoms with Gasteiger partial charge in [0.25, 0.3) is 0 Å². The zero-order valence-electron chi connectivity index (χ0n) is 11.1. The largest absolute Gasteiger partial charge is 0.383 e. The number of aromatic nitrogens is 2. The number of ether oxygens (including phenoxy) is 1. The Morgan fingerprint density at radius 3 is 2.63 bits per heavy atom. The topological polar surface area (TPSA) is 81.2 Å². The van der Waals surface area contributed by atoms with E-state index in [1.165, 1.54) is 18.0 Å². The SMILES string of the molecule is COCCNCc1cnc(SCCS(C)(=O)=O)nc1. The van der Waals surface area contributed by atoms with Crippen LogP contribution in [-0.2, 0) is 21.1 Å². The molecule has 6 nitrogen and oxygen atoms in total. The lowest BCUT2D eigenvalue weighted by Crippen LogP contribution is -2.18. The van der Waals surface area contributed by atoms with Crippen molar-refractivity contribution in [2.45, 2.75) is 11.7 Å². The zero-order valence-corrected chi connectivity index (χ0v) is 12.8. The van der Waals surface area contributed by atoms with Crippen molar-refractivity contribution >= 4 is 21.6 Å². The molecule has 1 N–H and O–H groups in total. The quantitative estimate of drug-likeness (QED) is 0.400. The van der Waals surface area contributed by atoms with Crippen molar-refractivity contribution in [3.63, 3.8) is 0 Å². The van der Waals surface area contributed by atoms with Gasteiger partial charge in [0.05, 0.1) is 12.4 Å². The molecule has 0 saturated carbocycles. The Morgan fingerprint density at radius 2 is 2.05 bits per heavy atom. The van der Waals surface area contributed by atoms with Crippen LogP contribution in [0.5, 0.6) is 0 Å². The highest BCUT2D eigenvalue weighted by atomic mass is 32.2. The molecule has 108 valence electrons. The first-order valence-electron chi connectivity index (χ1n) is 5.82. The molecule has 0 unspecified atom stereocenters. The average Bonchev–Trinajstić information content (AvgIpc) is 2.35. The van der Waals surface area contributed by atoms with Gasteiger partial charge >= 0.3 is 0 Å². The molecule has 1 aromatic heterocycles. The standard InChI is InChI=1S/C11H19N3O3S2/c1-17-4-3-12-7-10-8-13-11(14-9-10)18-5-6-19(2,15)16/h8-9,12H,3-7H2,1-2H3. The van der Waals surface area contributed by atoms with Crippen LogP contribution in [0.1, 0.15) is 5.56 Å². The van der Waals surface area contributed by atoms with Gasteiger partial charge in [-0.05, 0) is 0 Å². The van der Waals surface area contributed by atoms with E-state index in [-0.39, 0.29) is 5.75 Å². The minimum Gasteiger partial charge on any atom is -0.383 e. The molecule has 19 heavy (non-hydrogen) atoms. The first-order chi connectivity index (χ1) is 9.01. The van der Waals surface area contributed by atoms with Gasteiger partial charge in [0.2, 0.25) is 0 Å². The van der Waals surface area contributed by atoms with E-state index >= 15 is 0 Å². The summed E-state index contributed by atoms with van der Waals surface area (Å²) >= 11 is 1.35. The van der Waals surface area contributed by atoms with E-state index in [2.05, 4.69) is 15.3 Å². The smallest absolute Gasteiger partial charge is 0.187 e. The summed E-state index contributed by atoms with van der Waals surface area (Å²) in [5.41, 5.74) is 0.989. The van der Waals surface area contributed by atoms with Crippen molar-refractivity contribution < 1.29 is 13.2 Å². The molecule has 0 aromatic carbocycles. The summed E-state index contributed by atoms with van der Waals surface area (Å²) in [6.45, 7) is 2.14. The number of hydrogen-bond acceptors (Lipinski definition) is 7. The van der Waals surface area contributed by atoms with Gasteiger partial charge in [0.15, 0.2) is 5.16 Å². The minimum atomic E-state index is -2.92. The van der Waals surface area contributed by atoms with Gasteiger partial charge in [-0.3, -0.25) is 0 Å². The highest BCUT2D eigenvalue weighted by Gasteiger charge is 2.04. The molecule has 0 fully saturated rings. The molecule has 0 amide bonds. The molecule has 0 saturated heterocycles. The maximum Gasteiger partial charge on any atom is 0.187 e. The van der Waals surface area contributed by atoms with Crippen molar-refractivity contribution in [3.8, 4) is 0 Å². The van der Waals surface area contributed by atoms with Crippen LogP contribution < -0.4 is 5.32 Å². The second-order valence-electron chi connectivity index (χ2n) is 4.02. The Morgan fingerprint density at radius 1 is 1.37 bits per heavy atom. The predicted molar refractivity (Wildman–Crippen MR) is 76.0 cm³/mol. The van der Waals surface area contributed by atoms with Crippen molar-refractivity contribution in [3.05, 3.63) is 18.0 Å². The Balaban J connectivity index is 2.31. The molecule has 0 aliphatic heterocycles. The summed E-state index contributed by atoms with van der Waals surface area (Å²) in [7, 11) is -1.26. The van der Waals surface area contributed by atoms with E-state index in [4.69, 9.17) is 4.74 Å². The second kappa shape index (κ2) is 8.47. The first-order valence-corrected chi connectivity index (χ1v) is 8.87. The molecule has 0 spiro atoms. The van der Waals surface area contributed by atoms with Crippen molar-refractivity contribution in [1.29, 1.82) is 0 Å². The van der Waals surface area contributed by atoms with E-state index in [0.717, 1.165) is 12.1 Å². The Bertz CT molecular complexity index is 463. The summed E-state index contributed by atoms with van der Waals surface area (Å²) in [6, 6.07) is 0. The third-order valence-electron chi connectivity index (χ3n) is 2.18. The number of thioether (sulfide) groups is 1. The van der Waals surface area contributed by atoms with E-state index in [0.29, 0.717) is 24.1 Å². The molecule has 0 radical (unpaired) electrons. The fourth-order valence-electron chi connectivity index (χ4n) is 1.20. The average molecular weight is 305 g/mol. The molecule has 0 bridgehead atoms. The molecule has 8 heteroatoms. The van der Waals surface area contributed by atoms with Crippen LogP contribution in [0, 0.1) is 0 Å². The van der Waals surface area contributed by atoms with Crippen LogP contribution in [0.2, 0.25) is 0 Å². The second-order valence-corrected chi connectivity index (χ2v) is 7.34. The van der Waals surface area contributed by atoms with Gasteiger partial charge in [-0.25, -0.2) is 18.4 Å². The van der Waals surface area contributed by atoms with E-state index < -0.39 is 9.84 Å². The lowest BCUT2D eigenvalue weighted by Gasteiger charge is -2.04.